The fourth-order valence-electron chi connectivity index (χ4n) is 3.23. The van der Waals surface area contributed by atoms with E-state index < -0.39 is 23.8 Å². The normalized spacial score (nSPS) is 11.3. The zero-order chi connectivity index (χ0) is 22.4. The molecule has 2 N–H and O–H groups in total. The zero-order valence-electron chi connectivity index (χ0n) is 17.6. The number of phenolic OH excluding ortho intramolecular Hbond substituents is 2. The minimum atomic E-state index is -0.784. The van der Waals surface area contributed by atoms with E-state index in [9.17, 15) is 19.8 Å². The number of esters is 1. The molecule has 6 nitrogen and oxygen atoms in total. The first-order valence-electron chi connectivity index (χ1n) is 10.1. The standard InChI is InChI=1S/C25H26O6/c1-25(2,24(29)31-16-23(28)19-12-20(26)15-21(27)13-19)10-5-11-30-22-9-8-17-6-3-4-7-18(17)14-22/h3-4,6-9,12-15,26-27H,5,10-11,16H2,1-2H3. The quantitative estimate of drug-likeness (QED) is 0.291. The highest BCUT2D eigenvalue weighted by Gasteiger charge is 2.29. The van der Waals surface area contributed by atoms with Gasteiger partial charge < -0.3 is 19.7 Å². The van der Waals surface area contributed by atoms with Crippen LogP contribution in [0.4, 0.5) is 0 Å². The Morgan fingerprint density at radius 1 is 0.903 bits per heavy atom. The third kappa shape index (κ3) is 5.98. The van der Waals surface area contributed by atoms with Crippen LogP contribution in [0.25, 0.3) is 10.8 Å². The lowest BCUT2D eigenvalue weighted by Crippen LogP contribution is -2.29. The summed E-state index contributed by atoms with van der Waals surface area (Å²) in [6.07, 6.45) is 1.17. The largest absolute Gasteiger partial charge is 0.508 e. The molecule has 0 bridgehead atoms. The summed E-state index contributed by atoms with van der Waals surface area (Å²) in [5, 5.41) is 21.2. The van der Waals surface area contributed by atoms with Gasteiger partial charge in [-0.25, -0.2) is 0 Å². The summed E-state index contributed by atoms with van der Waals surface area (Å²) in [5.74, 6) is -0.687. The summed E-state index contributed by atoms with van der Waals surface area (Å²) >= 11 is 0. The van der Waals surface area contributed by atoms with Gasteiger partial charge in [0.2, 0.25) is 5.78 Å². The minimum Gasteiger partial charge on any atom is -0.508 e. The van der Waals surface area contributed by atoms with Gasteiger partial charge in [0.15, 0.2) is 6.61 Å². The van der Waals surface area contributed by atoms with Gasteiger partial charge in [0, 0.05) is 11.6 Å². The molecular weight excluding hydrogens is 396 g/mol. The first kappa shape index (κ1) is 22.2. The molecule has 0 aliphatic rings. The molecule has 31 heavy (non-hydrogen) atoms. The number of fused-ring (bicyclic) bond motifs is 1. The van der Waals surface area contributed by atoms with E-state index in [2.05, 4.69) is 0 Å². The van der Waals surface area contributed by atoms with E-state index in [-0.39, 0.29) is 17.1 Å². The summed E-state index contributed by atoms with van der Waals surface area (Å²) in [6, 6.07) is 17.5. The van der Waals surface area contributed by atoms with Crippen molar-refractivity contribution in [3.63, 3.8) is 0 Å². The van der Waals surface area contributed by atoms with Crippen LogP contribution in [-0.2, 0) is 9.53 Å². The van der Waals surface area contributed by atoms with Crippen molar-refractivity contribution in [1.82, 2.24) is 0 Å². The fraction of sp³-hybridized carbons (Fsp3) is 0.280. The van der Waals surface area contributed by atoms with Crippen LogP contribution in [0.1, 0.15) is 37.0 Å². The van der Waals surface area contributed by atoms with E-state index in [1.807, 2.05) is 42.5 Å². The van der Waals surface area contributed by atoms with Gasteiger partial charge in [-0.1, -0.05) is 30.3 Å². The molecule has 0 radical (unpaired) electrons. The van der Waals surface area contributed by atoms with Crippen LogP contribution >= 0.6 is 0 Å². The van der Waals surface area contributed by atoms with Gasteiger partial charge in [0.1, 0.15) is 17.2 Å². The Labute approximate surface area is 181 Å². The minimum absolute atomic E-state index is 0.0758. The summed E-state index contributed by atoms with van der Waals surface area (Å²) in [7, 11) is 0. The molecule has 0 aliphatic carbocycles. The molecule has 0 atom stereocenters. The SMILES string of the molecule is CC(C)(CCCOc1ccc2ccccc2c1)C(=O)OCC(=O)c1cc(O)cc(O)c1. The Morgan fingerprint density at radius 3 is 2.29 bits per heavy atom. The van der Waals surface area contributed by atoms with Gasteiger partial charge in [0.25, 0.3) is 0 Å². The van der Waals surface area contributed by atoms with Crippen LogP contribution < -0.4 is 4.74 Å². The Hall–Kier alpha value is -3.54. The molecular formula is C25H26O6. The summed E-state index contributed by atoms with van der Waals surface area (Å²) in [4.78, 5) is 24.6. The molecule has 0 spiro atoms. The lowest BCUT2D eigenvalue weighted by molar-refractivity contribution is -0.153. The Morgan fingerprint density at radius 2 is 1.58 bits per heavy atom. The second kappa shape index (κ2) is 9.51. The Bertz CT molecular complexity index is 1070. The monoisotopic (exact) mass is 422 g/mol. The van der Waals surface area contributed by atoms with Gasteiger partial charge in [0.05, 0.1) is 12.0 Å². The van der Waals surface area contributed by atoms with Crippen molar-refractivity contribution in [2.24, 2.45) is 5.41 Å². The van der Waals surface area contributed by atoms with Crippen molar-refractivity contribution < 1.29 is 29.3 Å². The zero-order valence-corrected chi connectivity index (χ0v) is 17.6. The van der Waals surface area contributed by atoms with E-state index in [1.165, 1.54) is 12.1 Å². The highest BCUT2D eigenvalue weighted by Crippen LogP contribution is 2.26. The number of hydrogen-bond acceptors (Lipinski definition) is 6. The number of Topliss-reactive ketones (excluding diaryl/α,β-unsaturated/α-hetero) is 1. The molecule has 3 rings (SSSR count). The second-order valence-corrected chi connectivity index (χ2v) is 8.08. The van der Waals surface area contributed by atoms with Crippen molar-refractivity contribution >= 4 is 22.5 Å². The molecule has 0 heterocycles. The number of rotatable bonds is 9. The van der Waals surface area contributed by atoms with E-state index in [0.29, 0.717) is 19.4 Å². The molecule has 0 amide bonds. The Kier molecular flexibility index (Phi) is 6.80. The van der Waals surface area contributed by atoms with Crippen molar-refractivity contribution in [2.45, 2.75) is 26.7 Å². The predicted octanol–water partition coefficient (Wildman–Crippen LogP) is 4.86. The lowest BCUT2D eigenvalue weighted by Gasteiger charge is -2.22. The van der Waals surface area contributed by atoms with E-state index in [4.69, 9.17) is 9.47 Å². The van der Waals surface area contributed by atoms with Crippen LogP contribution in [-0.4, -0.2) is 35.2 Å². The number of carbonyl (C=O) groups is 2. The molecule has 0 unspecified atom stereocenters. The summed E-state index contributed by atoms with van der Waals surface area (Å²) in [5.41, 5.74) is -0.708. The van der Waals surface area contributed by atoms with Gasteiger partial charge >= 0.3 is 5.97 Å². The maximum absolute atomic E-state index is 12.4. The lowest BCUT2D eigenvalue weighted by atomic mass is 9.88. The topological polar surface area (TPSA) is 93.1 Å². The Balaban J connectivity index is 1.45. The maximum Gasteiger partial charge on any atom is 0.311 e. The van der Waals surface area contributed by atoms with Crippen LogP contribution in [0.5, 0.6) is 17.2 Å². The van der Waals surface area contributed by atoms with E-state index >= 15 is 0 Å². The molecule has 162 valence electrons. The molecule has 0 saturated carbocycles. The van der Waals surface area contributed by atoms with E-state index in [0.717, 1.165) is 22.6 Å². The average molecular weight is 422 g/mol. The maximum atomic E-state index is 12.4. The predicted molar refractivity (Wildman–Crippen MR) is 118 cm³/mol. The second-order valence-electron chi connectivity index (χ2n) is 8.08. The highest BCUT2D eigenvalue weighted by molar-refractivity contribution is 5.98. The van der Waals surface area contributed by atoms with Crippen LogP contribution in [0, 0.1) is 5.41 Å². The van der Waals surface area contributed by atoms with Crippen molar-refractivity contribution in [3.05, 3.63) is 66.2 Å². The number of carbonyl (C=O) groups excluding carboxylic acids is 2. The number of ether oxygens (including phenoxy) is 2. The molecule has 0 saturated heterocycles. The van der Waals surface area contributed by atoms with Gasteiger partial charge in [-0.05, 0) is 61.7 Å². The summed E-state index contributed by atoms with van der Waals surface area (Å²) < 4.78 is 11.0. The summed E-state index contributed by atoms with van der Waals surface area (Å²) in [6.45, 7) is 3.52. The van der Waals surface area contributed by atoms with Gasteiger partial charge in [-0.3, -0.25) is 9.59 Å². The third-order valence-electron chi connectivity index (χ3n) is 5.05. The smallest absolute Gasteiger partial charge is 0.311 e. The number of aromatic hydroxyl groups is 2. The van der Waals surface area contributed by atoms with Crippen LogP contribution in [0.15, 0.2) is 60.7 Å². The molecule has 3 aromatic rings. The van der Waals surface area contributed by atoms with E-state index in [1.54, 1.807) is 13.8 Å². The molecule has 0 aromatic heterocycles. The molecule has 3 aromatic carbocycles. The van der Waals surface area contributed by atoms with Crippen molar-refractivity contribution in [2.75, 3.05) is 13.2 Å². The third-order valence-corrected chi connectivity index (χ3v) is 5.05. The van der Waals surface area contributed by atoms with Crippen molar-refractivity contribution in [3.8, 4) is 17.2 Å². The average Bonchev–Trinajstić information content (AvgIpc) is 2.74. The number of phenols is 2. The van der Waals surface area contributed by atoms with Gasteiger partial charge in [-0.2, -0.15) is 0 Å². The number of benzene rings is 3. The molecule has 6 heteroatoms. The van der Waals surface area contributed by atoms with Crippen LogP contribution in [0.3, 0.4) is 0 Å². The highest BCUT2D eigenvalue weighted by atomic mass is 16.5. The van der Waals surface area contributed by atoms with Crippen molar-refractivity contribution in [1.29, 1.82) is 0 Å². The number of hydrogen-bond donors (Lipinski definition) is 2. The van der Waals surface area contributed by atoms with Gasteiger partial charge in [-0.15, -0.1) is 0 Å². The first-order chi connectivity index (χ1) is 14.7. The molecule has 0 fully saturated rings. The number of ketones is 1. The fourth-order valence-corrected chi connectivity index (χ4v) is 3.23. The first-order valence-corrected chi connectivity index (χ1v) is 10.1. The molecule has 0 aliphatic heterocycles. The van der Waals surface area contributed by atoms with Crippen LogP contribution in [0.2, 0.25) is 0 Å².